The summed E-state index contributed by atoms with van der Waals surface area (Å²) in [5.41, 5.74) is 0.792. The van der Waals surface area contributed by atoms with Crippen LogP contribution in [0.15, 0.2) is 18.2 Å². The molecule has 1 saturated heterocycles. The summed E-state index contributed by atoms with van der Waals surface area (Å²) >= 11 is 1.24. The number of ether oxygens (including phenoxy) is 2. The van der Waals surface area contributed by atoms with Crippen LogP contribution >= 0.6 is 11.8 Å². The minimum absolute atomic E-state index is 0.00307. The highest BCUT2D eigenvalue weighted by atomic mass is 32.2. The van der Waals surface area contributed by atoms with Crippen molar-refractivity contribution in [2.24, 2.45) is 0 Å². The first-order valence-corrected chi connectivity index (χ1v) is 14.0. The van der Waals surface area contributed by atoms with Crippen molar-refractivity contribution in [3.05, 3.63) is 23.8 Å². The first kappa shape index (κ1) is 23.6. The first-order valence-electron chi connectivity index (χ1n) is 10.1. The molecule has 8 nitrogen and oxygen atoms in total. The van der Waals surface area contributed by atoms with E-state index in [2.05, 4.69) is 33.9 Å². The van der Waals surface area contributed by atoms with E-state index in [4.69, 9.17) is 13.9 Å². The summed E-state index contributed by atoms with van der Waals surface area (Å²) in [6, 6.07) is 5.43. The van der Waals surface area contributed by atoms with Gasteiger partial charge in [-0.25, -0.2) is 0 Å². The molecule has 31 heavy (non-hydrogen) atoms. The van der Waals surface area contributed by atoms with E-state index in [9.17, 15) is 14.4 Å². The lowest BCUT2D eigenvalue weighted by atomic mass is 10.00. The maximum absolute atomic E-state index is 13.4. The number of carbonyl (C=O) groups excluding carboxylic acids is 3. The van der Waals surface area contributed by atoms with Crippen LogP contribution in [0.2, 0.25) is 18.1 Å². The second-order valence-electron chi connectivity index (χ2n) is 9.35. The Bertz CT molecular complexity index is 916. The largest absolute Gasteiger partial charge is 0.454 e. The van der Waals surface area contributed by atoms with Crippen molar-refractivity contribution in [2.45, 2.75) is 50.2 Å². The summed E-state index contributed by atoms with van der Waals surface area (Å²) in [5, 5.41) is 0.00307. The zero-order valence-electron chi connectivity index (χ0n) is 19.1. The molecule has 0 bridgehead atoms. The van der Waals surface area contributed by atoms with E-state index in [1.807, 2.05) is 6.07 Å². The Morgan fingerprint density at radius 3 is 2.39 bits per heavy atom. The second-order valence-corrected chi connectivity index (χ2v) is 15.4. The average molecular weight is 467 g/mol. The van der Waals surface area contributed by atoms with Crippen LogP contribution < -0.4 is 9.47 Å². The van der Waals surface area contributed by atoms with Gasteiger partial charge in [-0.15, -0.1) is 0 Å². The molecule has 2 aliphatic rings. The maximum atomic E-state index is 13.4. The van der Waals surface area contributed by atoms with E-state index >= 15 is 0 Å². The van der Waals surface area contributed by atoms with Crippen LogP contribution in [0.5, 0.6) is 11.5 Å². The average Bonchev–Trinajstić information content (AvgIpc) is 3.16. The number of hydrogen-bond donors (Lipinski definition) is 0. The number of thioether (sulfide) groups is 1. The third-order valence-electron chi connectivity index (χ3n) is 6.38. The lowest BCUT2D eigenvalue weighted by Crippen LogP contribution is -2.67. The van der Waals surface area contributed by atoms with Crippen LogP contribution in [0.3, 0.4) is 0 Å². The summed E-state index contributed by atoms with van der Waals surface area (Å²) in [4.78, 5) is 39.2. The van der Waals surface area contributed by atoms with E-state index < -0.39 is 30.9 Å². The molecule has 0 saturated carbocycles. The van der Waals surface area contributed by atoms with Crippen LogP contribution in [0.25, 0.3) is 0 Å². The van der Waals surface area contributed by atoms with Crippen molar-refractivity contribution in [1.82, 2.24) is 9.80 Å². The van der Waals surface area contributed by atoms with Gasteiger partial charge >= 0.3 is 11.8 Å². The molecular formula is C21H30N2O6SSi. The molecule has 1 unspecified atom stereocenters. The second kappa shape index (κ2) is 8.14. The third kappa shape index (κ3) is 4.20. The van der Waals surface area contributed by atoms with Crippen molar-refractivity contribution in [1.29, 1.82) is 0 Å². The highest BCUT2D eigenvalue weighted by Crippen LogP contribution is 2.42. The molecule has 170 valence electrons. The molecule has 0 spiro atoms. The van der Waals surface area contributed by atoms with Crippen molar-refractivity contribution >= 4 is 37.8 Å². The minimum atomic E-state index is -2.07. The number of amides is 3. The summed E-state index contributed by atoms with van der Waals surface area (Å²) in [7, 11) is 0.771. The smallest absolute Gasteiger partial charge is 0.318 e. The zero-order valence-corrected chi connectivity index (χ0v) is 20.9. The molecule has 3 rings (SSSR count). The molecule has 10 heteroatoms. The lowest BCUT2D eigenvalue weighted by molar-refractivity contribution is -0.166. The number of fused-ring (bicyclic) bond motifs is 1. The maximum Gasteiger partial charge on any atom is 0.318 e. The van der Waals surface area contributed by atoms with Crippen molar-refractivity contribution in [3.8, 4) is 11.5 Å². The van der Waals surface area contributed by atoms with Crippen LogP contribution in [0, 0.1) is 0 Å². The van der Waals surface area contributed by atoms with Crippen molar-refractivity contribution < 1.29 is 28.3 Å². The minimum Gasteiger partial charge on any atom is -0.454 e. The molecule has 3 amide bonds. The molecule has 0 aromatic heterocycles. The van der Waals surface area contributed by atoms with Gasteiger partial charge in [0.25, 0.3) is 5.91 Å². The normalized spacial score (nSPS) is 21.8. The van der Waals surface area contributed by atoms with Crippen LogP contribution in [0.4, 0.5) is 0 Å². The number of rotatable bonds is 6. The summed E-state index contributed by atoms with van der Waals surface area (Å²) in [6.45, 7) is 10.8. The summed E-state index contributed by atoms with van der Waals surface area (Å²) in [6.07, 6.45) is 0.202. The quantitative estimate of drug-likeness (QED) is 0.276. The number of likely N-dealkylation sites (N-methyl/N-ethyl adjacent to an activating group) is 2. The predicted octanol–water partition coefficient (Wildman–Crippen LogP) is 2.82. The molecular weight excluding hydrogens is 436 g/mol. The van der Waals surface area contributed by atoms with Gasteiger partial charge in [0.05, 0.1) is 5.94 Å². The van der Waals surface area contributed by atoms with Gasteiger partial charge in [-0.2, -0.15) is 0 Å². The van der Waals surface area contributed by atoms with Crippen LogP contribution in [0.1, 0.15) is 26.3 Å². The van der Waals surface area contributed by atoms with E-state index in [1.54, 1.807) is 12.1 Å². The predicted molar refractivity (Wildman–Crippen MR) is 120 cm³/mol. The molecule has 0 radical (unpaired) electrons. The van der Waals surface area contributed by atoms with Crippen molar-refractivity contribution in [3.63, 3.8) is 0 Å². The van der Waals surface area contributed by atoms with Gasteiger partial charge in [0.1, 0.15) is 0 Å². The molecule has 1 fully saturated rings. The van der Waals surface area contributed by atoms with E-state index in [1.165, 1.54) is 30.8 Å². The Morgan fingerprint density at radius 1 is 1.10 bits per heavy atom. The Labute approximate surface area is 188 Å². The summed E-state index contributed by atoms with van der Waals surface area (Å²) < 4.78 is 17.1. The van der Waals surface area contributed by atoms with Gasteiger partial charge in [-0.3, -0.25) is 19.3 Å². The Kier molecular flexibility index (Phi) is 6.20. The number of carbonyl (C=O) groups is 3. The van der Waals surface area contributed by atoms with Crippen LogP contribution in [-0.4, -0.2) is 67.5 Å². The highest BCUT2D eigenvalue weighted by Gasteiger charge is 2.55. The van der Waals surface area contributed by atoms with Gasteiger partial charge in [0.15, 0.2) is 24.7 Å². The van der Waals surface area contributed by atoms with E-state index in [-0.39, 0.29) is 24.2 Å². The summed E-state index contributed by atoms with van der Waals surface area (Å²) in [5.74, 6) is -0.536. The topological polar surface area (TPSA) is 85.4 Å². The van der Waals surface area contributed by atoms with Crippen molar-refractivity contribution in [2.75, 3.05) is 26.8 Å². The standard InChI is InChI=1S/C21H30N2O6SSi/c1-20(2,3)31(6,7)29-13-30-21(19(26)22(4)17(24)18(25)23(21)5)11-14-8-9-15-16(10-14)28-12-27-15/h8-10H,11-13H2,1-7H3. The molecule has 2 aliphatic heterocycles. The molecule has 2 heterocycles. The number of benzene rings is 1. The Morgan fingerprint density at radius 2 is 1.74 bits per heavy atom. The number of piperazine rings is 1. The number of imide groups is 1. The van der Waals surface area contributed by atoms with E-state index in [0.717, 1.165) is 10.5 Å². The molecule has 1 atom stereocenters. The fourth-order valence-corrected chi connectivity index (χ4v) is 6.02. The fourth-order valence-electron chi connectivity index (χ4n) is 3.17. The van der Waals surface area contributed by atoms with Gasteiger partial charge in [-0.1, -0.05) is 38.6 Å². The van der Waals surface area contributed by atoms with Crippen LogP contribution in [-0.2, 0) is 25.2 Å². The zero-order chi connectivity index (χ0) is 23.2. The number of nitrogens with zero attached hydrogens (tertiary/aromatic N) is 2. The highest BCUT2D eigenvalue weighted by molar-refractivity contribution is 8.01. The fraction of sp³-hybridized carbons (Fsp3) is 0.571. The van der Waals surface area contributed by atoms with Gasteiger partial charge in [0, 0.05) is 20.5 Å². The van der Waals surface area contributed by atoms with E-state index in [0.29, 0.717) is 11.5 Å². The van der Waals surface area contributed by atoms with Gasteiger partial charge in [-0.05, 0) is 35.8 Å². The Hall–Kier alpha value is -2.04. The Balaban J connectivity index is 1.93. The number of hydrogen-bond acceptors (Lipinski definition) is 7. The molecule has 1 aromatic rings. The third-order valence-corrected chi connectivity index (χ3v) is 12.4. The lowest BCUT2D eigenvalue weighted by Gasteiger charge is -2.45. The molecule has 0 N–H and O–H groups in total. The first-order chi connectivity index (χ1) is 14.3. The molecule has 1 aromatic carbocycles. The SMILES string of the molecule is CN1C(=O)C(=O)N(C)C(Cc2ccc3c(c2)OCO3)(SCO[Si](C)(C)C(C)(C)C)C1=O. The monoisotopic (exact) mass is 466 g/mol. The van der Waals surface area contributed by atoms with Gasteiger partial charge < -0.3 is 18.8 Å². The van der Waals surface area contributed by atoms with Gasteiger partial charge in [0.2, 0.25) is 6.79 Å². The molecule has 0 aliphatic carbocycles.